The Morgan fingerprint density at radius 3 is 2.31 bits per heavy atom. The van der Waals surface area contributed by atoms with Gasteiger partial charge in [0.25, 0.3) is 21.5 Å². The molecule has 1 fully saturated rings. The Morgan fingerprint density at radius 2 is 1.75 bits per heavy atom. The van der Waals surface area contributed by atoms with Gasteiger partial charge >= 0.3 is 5.97 Å². The zero-order valence-electron chi connectivity index (χ0n) is 17.0. The number of rotatable bonds is 7. The van der Waals surface area contributed by atoms with E-state index in [1.165, 1.54) is 17.0 Å². The summed E-state index contributed by atoms with van der Waals surface area (Å²) in [5.41, 5.74) is -0.332. The number of hydrogen-bond donors (Lipinski definition) is 0. The fraction of sp³-hybridized carbons (Fsp3) is 0.316. The Balaban J connectivity index is 1.94. The number of ether oxygens (including phenoxy) is 1. The molecule has 2 aromatic carbocycles. The van der Waals surface area contributed by atoms with Gasteiger partial charge in [0.1, 0.15) is 11.7 Å². The summed E-state index contributed by atoms with van der Waals surface area (Å²) in [6.07, 6.45) is -1.13. The van der Waals surface area contributed by atoms with Crippen molar-refractivity contribution in [1.29, 1.82) is 0 Å². The number of hydrogen-bond acceptors (Lipinski definition) is 10. The Bertz CT molecular complexity index is 1170. The van der Waals surface area contributed by atoms with Gasteiger partial charge in [-0.2, -0.15) is 8.42 Å². The van der Waals surface area contributed by atoms with Crippen LogP contribution in [0.15, 0.2) is 47.4 Å². The van der Waals surface area contributed by atoms with E-state index in [4.69, 9.17) is 8.92 Å². The Kier molecular flexibility index (Phi) is 6.41. The minimum Gasteiger partial charge on any atom is -0.467 e. The zero-order chi connectivity index (χ0) is 23.6. The van der Waals surface area contributed by atoms with Crippen molar-refractivity contribution in [3.8, 4) is 0 Å². The smallest absolute Gasteiger partial charge is 0.328 e. The fourth-order valence-corrected chi connectivity index (χ4v) is 4.53. The molecule has 0 bridgehead atoms. The Labute approximate surface area is 182 Å². The molecule has 2 aromatic rings. The van der Waals surface area contributed by atoms with Crippen LogP contribution in [0.1, 0.15) is 12.0 Å². The van der Waals surface area contributed by atoms with E-state index in [0.29, 0.717) is 0 Å². The number of nitro groups is 2. The third kappa shape index (κ3) is 4.68. The lowest BCUT2D eigenvalue weighted by Gasteiger charge is -2.24. The maximum absolute atomic E-state index is 12.6. The highest BCUT2D eigenvalue weighted by molar-refractivity contribution is 7.86. The van der Waals surface area contributed by atoms with Crippen molar-refractivity contribution < 1.29 is 32.0 Å². The molecule has 2 atom stereocenters. The van der Waals surface area contributed by atoms with E-state index >= 15 is 0 Å². The number of aryl methyl sites for hydroxylation is 1. The summed E-state index contributed by atoms with van der Waals surface area (Å²) in [5, 5.41) is 22.5. The average molecular weight is 465 g/mol. The minimum absolute atomic E-state index is 0.0718. The first-order valence-electron chi connectivity index (χ1n) is 9.30. The fourth-order valence-electron chi connectivity index (χ4n) is 3.45. The quantitative estimate of drug-likeness (QED) is 0.257. The standard InChI is InChI=1S/C19H19N3O9S/c1-12-3-6-15(7-4-12)32(28,29)31-14-10-18(19(23)30-2)20(11-14)16-8-5-13(21(24)25)9-17(16)22(26)27/h3-9,14,18H,10-11H2,1-2H3/t14-,18+/m0/s1. The van der Waals surface area contributed by atoms with E-state index < -0.39 is 49.5 Å². The van der Waals surface area contributed by atoms with Crippen LogP contribution in [0.3, 0.4) is 0 Å². The first-order chi connectivity index (χ1) is 15.0. The van der Waals surface area contributed by atoms with Crippen LogP contribution < -0.4 is 4.90 Å². The second-order valence-corrected chi connectivity index (χ2v) is 8.67. The second-order valence-electron chi connectivity index (χ2n) is 7.10. The van der Waals surface area contributed by atoms with E-state index in [9.17, 15) is 33.4 Å². The highest BCUT2D eigenvalue weighted by Gasteiger charge is 2.43. The summed E-state index contributed by atoms with van der Waals surface area (Å²) in [6, 6.07) is 7.88. The van der Waals surface area contributed by atoms with Crippen LogP contribution in [-0.2, 0) is 23.8 Å². The predicted octanol–water partition coefficient (Wildman–Crippen LogP) is 2.34. The molecule has 0 spiro atoms. The summed E-state index contributed by atoms with van der Waals surface area (Å²) in [4.78, 5) is 34.5. The molecule has 0 N–H and O–H groups in total. The second kappa shape index (κ2) is 8.88. The van der Waals surface area contributed by atoms with Crippen LogP contribution in [-0.4, -0.2) is 50.0 Å². The van der Waals surface area contributed by atoms with Crippen molar-refractivity contribution in [2.75, 3.05) is 18.6 Å². The van der Waals surface area contributed by atoms with Crippen molar-refractivity contribution in [2.45, 2.75) is 30.4 Å². The molecule has 13 heteroatoms. The van der Waals surface area contributed by atoms with Crippen molar-refractivity contribution in [2.24, 2.45) is 0 Å². The Hall–Kier alpha value is -3.58. The topological polar surface area (TPSA) is 159 Å². The highest BCUT2D eigenvalue weighted by atomic mass is 32.2. The number of non-ortho nitro benzene ring substituents is 1. The van der Waals surface area contributed by atoms with Crippen LogP contribution in [0.2, 0.25) is 0 Å². The lowest BCUT2D eigenvalue weighted by Crippen LogP contribution is -2.37. The molecule has 32 heavy (non-hydrogen) atoms. The first-order valence-corrected chi connectivity index (χ1v) is 10.7. The number of benzene rings is 2. The van der Waals surface area contributed by atoms with Crippen molar-refractivity contribution in [3.05, 3.63) is 68.3 Å². The van der Waals surface area contributed by atoms with Crippen LogP contribution in [0, 0.1) is 27.2 Å². The van der Waals surface area contributed by atoms with Crippen molar-refractivity contribution >= 4 is 33.1 Å². The van der Waals surface area contributed by atoms with Gasteiger partial charge < -0.3 is 9.64 Å². The molecule has 1 saturated heterocycles. The third-order valence-corrected chi connectivity index (χ3v) is 6.36. The number of carbonyl (C=O) groups is 1. The predicted molar refractivity (Wildman–Crippen MR) is 111 cm³/mol. The molecular weight excluding hydrogens is 446 g/mol. The normalized spacial score (nSPS) is 18.4. The van der Waals surface area contributed by atoms with Gasteiger partial charge in [-0.05, 0) is 25.1 Å². The number of methoxy groups -OCH3 is 1. The molecule has 1 aliphatic heterocycles. The molecule has 0 amide bonds. The maximum atomic E-state index is 12.6. The first kappa shape index (κ1) is 23.1. The zero-order valence-corrected chi connectivity index (χ0v) is 17.9. The third-order valence-electron chi connectivity index (χ3n) is 4.98. The molecule has 3 rings (SSSR count). The number of nitro benzene ring substituents is 2. The Morgan fingerprint density at radius 1 is 1.09 bits per heavy atom. The molecule has 1 aliphatic rings. The summed E-state index contributed by atoms with van der Waals surface area (Å²) < 4.78 is 35.4. The van der Waals surface area contributed by atoms with Gasteiger partial charge in [0.05, 0.1) is 34.0 Å². The molecule has 12 nitrogen and oxygen atoms in total. The van der Waals surface area contributed by atoms with Crippen LogP contribution in [0.5, 0.6) is 0 Å². The minimum atomic E-state index is -4.17. The van der Waals surface area contributed by atoms with E-state index in [1.807, 2.05) is 0 Å². The van der Waals surface area contributed by atoms with Crippen LogP contribution >= 0.6 is 0 Å². The monoisotopic (exact) mass is 465 g/mol. The van der Waals surface area contributed by atoms with E-state index in [0.717, 1.165) is 30.9 Å². The molecule has 0 aliphatic carbocycles. The van der Waals surface area contributed by atoms with Gasteiger partial charge in [0.2, 0.25) is 0 Å². The van der Waals surface area contributed by atoms with E-state index in [-0.39, 0.29) is 23.5 Å². The van der Waals surface area contributed by atoms with Gasteiger partial charge in [-0.3, -0.25) is 24.4 Å². The summed E-state index contributed by atoms with van der Waals surface area (Å²) >= 11 is 0. The van der Waals surface area contributed by atoms with Gasteiger partial charge in [0, 0.05) is 19.0 Å². The van der Waals surface area contributed by atoms with Gasteiger partial charge in [0.15, 0.2) is 0 Å². The lowest BCUT2D eigenvalue weighted by atomic mass is 10.1. The molecule has 0 aromatic heterocycles. The van der Waals surface area contributed by atoms with Crippen molar-refractivity contribution in [3.63, 3.8) is 0 Å². The summed E-state index contributed by atoms with van der Waals surface area (Å²) in [5.74, 6) is -0.753. The number of nitrogens with zero attached hydrogens (tertiary/aromatic N) is 3. The molecular formula is C19H19N3O9S. The average Bonchev–Trinajstić information content (AvgIpc) is 3.15. The molecule has 0 radical (unpaired) electrons. The molecule has 1 heterocycles. The van der Waals surface area contributed by atoms with Crippen molar-refractivity contribution in [1.82, 2.24) is 0 Å². The van der Waals surface area contributed by atoms with Crippen LogP contribution in [0.25, 0.3) is 0 Å². The SMILES string of the molecule is COC(=O)[C@H]1C[C@H](OS(=O)(=O)c2ccc(C)cc2)CN1c1ccc([N+](=O)[O-])cc1[N+](=O)[O-]. The highest BCUT2D eigenvalue weighted by Crippen LogP contribution is 2.37. The largest absolute Gasteiger partial charge is 0.467 e. The number of carbonyl (C=O) groups excluding carboxylic acids is 1. The summed E-state index contributed by atoms with van der Waals surface area (Å²) in [6.45, 7) is 1.60. The molecule has 0 saturated carbocycles. The lowest BCUT2D eigenvalue weighted by molar-refractivity contribution is -0.393. The van der Waals surface area contributed by atoms with E-state index in [2.05, 4.69) is 0 Å². The number of esters is 1. The van der Waals surface area contributed by atoms with Gasteiger partial charge in [-0.25, -0.2) is 4.79 Å². The molecule has 170 valence electrons. The summed E-state index contributed by atoms with van der Waals surface area (Å²) in [7, 11) is -3.04. The van der Waals surface area contributed by atoms with Gasteiger partial charge in [-0.1, -0.05) is 17.7 Å². The molecule has 0 unspecified atom stereocenters. The van der Waals surface area contributed by atoms with Crippen LogP contribution in [0.4, 0.5) is 17.1 Å². The van der Waals surface area contributed by atoms with E-state index in [1.54, 1.807) is 19.1 Å². The maximum Gasteiger partial charge on any atom is 0.328 e. The number of anilines is 1. The van der Waals surface area contributed by atoms with Gasteiger partial charge in [-0.15, -0.1) is 0 Å².